The summed E-state index contributed by atoms with van der Waals surface area (Å²) >= 11 is 0. The molecule has 1 fully saturated rings. The summed E-state index contributed by atoms with van der Waals surface area (Å²) in [6, 6.07) is 12.4. The zero-order chi connectivity index (χ0) is 24.4. The number of aromatic nitrogens is 2. The van der Waals surface area contributed by atoms with Crippen molar-refractivity contribution in [2.24, 2.45) is 5.92 Å². The van der Waals surface area contributed by atoms with Gasteiger partial charge in [0.05, 0.1) is 17.4 Å². The first-order chi connectivity index (χ1) is 16.8. The number of para-hydroxylation sites is 1. The summed E-state index contributed by atoms with van der Waals surface area (Å²) in [5.41, 5.74) is 4.16. The summed E-state index contributed by atoms with van der Waals surface area (Å²) in [6.07, 6.45) is 6.63. The highest BCUT2D eigenvalue weighted by molar-refractivity contribution is 5.82. The maximum Gasteiger partial charge on any atom is 0.410 e. The molecule has 0 saturated carbocycles. The lowest BCUT2D eigenvalue weighted by Gasteiger charge is -2.37. The number of fused-ring (bicyclic) bond motifs is 2. The van der Waals surface area contributed by atoms with Crippen molar-refractivity contribution >= 4 is 28.5 Å². The average molecular weight is 474 g/mol. The number of nitrogens with zero attached hydrogens (tertiary/aromatic N) is 4. The van der Waals surface area contributed by atoms with Crippen LogP contribution in [0.3, 0.4) is 0 Å². The summed E-state index contributed by atoms with van der Waals surface area (Å²) in [5, 5.41) is 4.63. The Bertz CT molecular complexity index is 1200. The number of hydrogen-bond donors (Lipinski definition) is 1. The van der Waals surface area contributed by atoms with Crippen LogP contribution >= 0.6 is 0 Å². The van der Waals surface area contributed by atoms with Crippen LogP contribution < -0.4 is 5.32 Å². The van der Waals surface area contributed by atoms with Gasteiger partial charge in [-0.2, -0.15) is 0 Å². The number of rotatable bonds is 4. The minimum Gasteiger partial charge on any atom is -0.444 e. The predicted octanol–water partition coefficient (Wildman–Crippen LogP) is 5.38. The number of anilines is 2. The third-order valence-corrected chi connectivity index (χ3v) is 6.86. The molecule has 0 radical (unpaired) electrons. The van der Waals surface area contributed by atoms with Crippen molar-refractivity contribution < 1.29 is 9.53 Å². The molecule has 0 unspecified atom stereocenters. The summed E-state index contributed by atoms with van der Waals surface area (Å²) in [4.78, 5) is 26.0. The zero-order valence-corrected chi connectivity index (χ0v) is 21.0. The van der Waals surface area contributed by atoms with E-state index in [4.69, 9.17) is 4.74 Å². The van der Waals surface area contributed by atoms with Gasteiger partial charge in [-0.15, -0.1) is 0 Å². The van der Waals surface area contributed by atoms with Crippen LogP contribution in [0.1, 0.15) is 44.7 Å². The number of pyridine rings is 2. The van der Waals surface area contributed by atoms with Crippen molar-refractivity contribution in [3.63, 3.8) is 0 Å². The second kappa shape index (κ2) is 9.82. The van der Waals surface area contributed by atoms with E-state index >= 15 is 0 Å². The Balaban J connectivity index is 1.18. The van der Waals surface area contributed by atoms with Gasteiger partial charge in [0.1, 0.15) is 11.4 Å². The molecule has 0 bridgehead atoms. The molecular weight excluding hydrogens is 438 g/mol. The topological polar surface area (TPSA) is 70.6 Å². The van der Waals surface area contributed by atoms with Crippen LogP contribution in [0, 0.1) is 5.92 Å². The lowest BCUT2D eigenvalue weighted by molar-refractivity contribution is 0.0167. The van der Waals surface area contributed by atoms with Crippen molar-refractivity contribution in [1.82, 2.24) is 19.8 Å². The van der Waals surface area contributed by atoms with E-state index in [1.165, 1.54) is 11.1 Å². The van der Waals surface area contributed by atoms with Gasteiger partial charge in [0.25, 0.3) is 0 Å². The molecule has 4 heterocycles. The second-order valence-electron chi connectivity index (χ2n) is 10.7. The molecular formula is C28H35N5O2. The molecule has 7 heteroatoms. The lowest BCUT2D eigenvalue weighted by atomic mass is 9.94. The number of piperidine rings is 1. The number of carbonyl (C=O) groups excluding carboxylic acids is 1. The third kappa shape index (κ3) is 5.73. The SMILES string of the molecule is CC(C)(C)OC(=O)N1CCC(CN2CCc3c(ccnc3Nc3cnc4ccccc4c3)C2)CC1. The fraction of sp³-hybridized carbons (Fsp3) is 0.464. The van der Waals surface area contributed by atoms with Gasteiger partial charge in [-0.05, 0) is 69.7 Å². The van der Waals surface area contributed by atoms with Crippen LogP contribution in [0.15, 0.2) is 48.8 Å². The molecule has 7 nitrogen and oxygen atoms in total. The van der Waals surface area contributed by atoms with Gasteiger partial charge in [-0.25, -0.2) is 9.78 Å². The number of likely N-dealkylation sites (tertiary alicyclic amines) is 1. The summed E-state index contributed by atoms with van der Waals surface area (Å²) < 4.78 is 5.54. The monoisotopic (exact) mass is 473 g/mol. The van der Waals surface area contributed by atoms with E-state index in [1.807, 2.05) is 56.3 Å². The Labute approximate surface area is 207 Å². The van der Waals surface area contributed by atoms with Gasteiger partial charge in [0.2, 0.25) is 0 Å². The first kappa shape index (κ1) is 23.5. The maximum absolute atomic E-state index is 12.4. The third-order valence-electron chi connectivity index (χ3n) is 6.86. The van der Waals surface area contributed by atoms with E-state index in [-0.39, 0.29) is 6.09 Å². The van der Waals surface area contributed by atoms with Gasteiger partial charge < -0.3 is 15.0 Å². The molecule has 2 aromatic heterocycles. The number of hydrogen-bond acceptors (Lipinski definition) is 6. The van der Waals surface area contributed by atoms with E-state index in [9.17, 15) is 4.79 Å². The molecule has 1 aromatic carbocycles. The fourth-order valence-electron chi connectivity index (χ4n) is 5.08. The highest BCUT2D eigenvalue weighted by Gasteiger charge is 2.29. The van der Waals surface area contributed by atoms with Crippen molar-refractivity contribution in [2.45, 2.75) is 52.2 Å². The maximum atomic E-state index is 12.4. The number of benzene rings is 1. The molecule has 2 aliphatic rings. The Morgan fingerprint density at radius 3 is 2.71 bits per heavy atom. The summed E-state index contributed by atoms with van der Waals surface area (Å²) in [5.74, 6) is 1.54. The molecule has 1 saturated heterocycles. The van der Waals surface area contributed by atoms with Crippen LogP contribution in [0.25, 0.3) is 10.9 Å². The van der Waals surface area contributed by atoms with Gasteiger partial charge in [0.15, 0.2) is 0 Å². The Hall–Kier alpha value is -3.19. The molecule has 184 valence electrons. The molecule has 3 aromatic rings. The normalized spacial score (nSPS) is 17.3. The van der Waals surface area contributed by atoms with E-state index in [0.717, 1.165) is 74.4 Å². The van der Waals surface area contributed by atoms with Crippen LogP contribution in [-0.2, 0) is 17.7 Å². The first-order valence-corrected chi connectivity index (χ1v) is 12.6. The molecule has 1 amide bonds. The largest absolute Gasteiger partial charge is 0.444 e. The molecule has 35 heavy (non-hydrogen) atoms. The van der Waals surface area contributed by atoms with Crippen molar-refractivity contribution in [1.29, 1.82) is 0 Å². The minimum absolute atomic E-state index is 0.183. The van der Waals surface area contributed by atoms with E-state index in [2.05, 4.69) is 38.4 Å². The summed E-state index contributed by atoms with van der Waals surface area (Å²) in [6.45, 7) is 10.3. The fourth-order valence-corrected chi connectivity index (χ4v) is 5.08. The van der Waals surface area contributed by atoms with Gasteiger partial charge >= 0.3 is 6.09 Å². The van der Waals surface area contributed by atoms with E-state index in [1.54, 1.807) is 0 Å². The van der Waals surface area contributed by atoms with Crippen LogP contribution in [0.4, 0.5) is 16.3 Å². The van der Waals surface area contributed by atoms with Crippen molar-refractivity contribution in [3.05, 3.63) is 59.9 Å². The predicted molar refractivity (Wildman–Crippen MR) is 139 cm³/mol. The quantitative estimate of drug-likeness (QED) is 0.549. The van der Waals surface area contributed by atoms with Crippen molar-refractivity contribution in [2.75, 3.05) is 31.5 Å². The number of ether oxygens (including phenoxy) is 1. The second-order valence-corrected chi connectivity index (χ2v) is 10.7. The van der Waals surface area contributed by atoms with Crippen LogP contribution in [0.5, 0.6) is 0 Å². The molecule has 2 aliphatic heterocycles. The van der Waals surface area contributed by atoms with Crippen LogP contribution in [0.2, 0.25) is 0 Å². The van der Waals surface area contributed by atoms with Gasteiger partial charge in [0, 0.05) is 49.9 Å². The molecule has 0 atom stereocenters. The highest BCUT2D eigenvalue weighted by Crippen LogP contribution is 2.29. The Kier molecular flexibility index (Phi) is 6.60. The number of carbonyl (C=O) groups is 1. The van der Waals surface area contributed by atoms with Gasteiger partial charge in [-0.1, -0.05) is 18.2 Å². The summed E-state index contributed by atoms with van der Waals surface area (Å²) in [7, 11) is 0. The lowest BCUT2D eigenvalue weighted by Crippen LogP contribution is -2.44. The average Bonchev–Trinajstić information content (AvgIpc) is 2.83. The zero-order valence-electron chi connectivity index (χ0n) is 21.0. The molecule has 1 N–H and O–H groups in total. The first-order valence-electron chi connectivity index (χ1n) is 12.6. The standard InChI is InChI=1S/C28H35N5O2/c1-28(2,3)35-27(34)33-14-9-20(10-15-33)18-32-13-11-24-22(19-32)8-12-29-26(24)31-23-16-21-6-4-5-7-25(21)30-17-23/h4-8,12,16-17,20H,9-11,13-15,18-19H2,1-3H3,(H,29,31). The van der Waals surface area contributed by atoms with Gasteiger partial charge in [-0.3, -0.25) is 9.88 Å². The van der Waals surface area contributed by atoms with Crippen LogP contribution in [-0.4, -0.2) is 57.6 Å². The minimum atomic E-state index is -0.442. The number of nitrogens with one attached hydrogen (secondary N) is 1. The van der Waals surface area contributed by atoms with E-state index in [0.29, 0.717) is 5.92 Å². The molecule has 0 aliphatic carbocycles. The molecule has 0 spiro atoms. The molecule has 5 rings (SSSR count). The Morgan fingerprint density at radius 2 is 1.91 bits per heavy atom. The number of amides is 1. The smallest absolute Gasteiger partial charge is 0.410 e. The van der Waals surface area contributed by atoms with Crippen molar-refractivity contribution in [3.8, 4) is 0 Å². The highest BCUT2D eigenvalue weighted by atomic mass is 16.6. The van der Waals surface area contributed by atoms with E-state index < -0.39 is 5.60 Å². The Morgan fingerprint density at radius 1 is 1.11 bits per heavy atom.